The first kappa shape index (κ1) is 14.4. The van der Waals surface area contributed by atoms with Gasteiger partial charge in [0, 0.05) is 21.2 Å². The van der Waals surface area contributed by atoms with Crippen LogP contribution in [0, 0.1) is 0 Å². The third-order valence-corrected chi connectivity index (χ3v) is 4.23. The molecule has 0 radical (unpaired) electrons. The molecule has 6 heteroatoms. The molecule has 2 aromatic rings. The Hall–Kier alpha value is -1.04. The van der Waals surface area contributed by atoms with Crippen molar-refractivity contribution >= 4 is 35.7 Å². The molecule has 0 aliphatic heterocycles. The third-order valence-electron chi connectivity index (χ3n) is 2.38. The lowest BCUT2D eigenvalue weighted by Gasteiger charge is -2.07. The topological polar surface area (TPSA) is 43.4 Å². The first-order valence-electron chi connectivity index (χ1n) is 5.37. The largest absolute Gasteiger partial charge is 0.489 e. The van der Waals surface area contributed by atoms with Crippen LogP contribution < -0.4 is 4.74 Å². The van der Waals surface area contributed by atoms with Gasteiger partial charge in [-0.05, 0) is 29.8 Å². The van der Waals surface area contributed by atoms with E-state index in [0.717, 1.165) is 10.0 Å². The second-order valence-electron chi connectivity index (χ2n) is 3.83. The Kier molecular flexibility index (Phi) is 4.50. The highest BCUT2D eigenvalue weighted by molar-refractivity contribution is 9.10. The summed E-state index contributed by atoms with van der Waals surface area (Å²) < 4.78 is 28.9. The van der Waals surface area contributed by atoms with Crippen molar-refractivity contribution in [2.45, 2.75) is 11.5 Å². The number of benzene rings is 2. The molecule has 0 fully saturated rings. The smallest absolute Gasteiger partial charge is 0.261 e. The highest BCUT2D eigenvalue weighted by Crippen LogP contribution is 2.21. The quantitative estimate of drug-likeness (QED) is 0.774. The lowest BCUT2D eigenvalue weighted by Crippen LogP contribution is -1.97. The fraction of sp³-hybridized carbons (Fsp3) is 0.0769. The van der Waals surface area contributed by atoms with Gasteiger partial charge >= 0.3 is 0 Å². The van der Waals surface area contributed by atoms with Crippen molar-refractivity contribution in [1.29, 1.82) is 0 Å². The van der Waals surface area contributed by atoms with Crippen molar-refractivity contribution in [3.63, 3.8) is 0 Å². The third kappa shape index (κ3) is 4.23. The standard InChI is InChI=1S/C13H10BrClO3S/c14-11-4-1-3-10(7-11)9-18-12-5-2-6-13(8-12)19(15,16)17/h1-8H,9H2. The highest BCUT2D eigenvalue weighted by atomic mass is 79.9. The SMILES string of the molecule is O=S(=O)(Cl)c1cccc(OCc2cccc(Br)c2)c1. The van der Waals surface area contributed by atoms with Crippen LogP contribution in [0.3, 0.4) is 0 Å². The second-order valence-corrected chi connectivity index (χ2v) is 7.31. The zero-order valence-corrected chi connectivity index (χ0v) is 12.9. The number of rotatable bonds is 4. The van der Waals surface area contributed by atoms with E-state index in [1.54, 1.807) is 12.1 Å². The van der Waals surface area contributed by atoms with Crippen molar-refractivity contribution in [3.8, 4) is 5.75 Å². The van der Waals surface area contributed by atoms with Gasteiger partial charge in [0.15, 0.2) is 0 Å². The summed E-state index contributed by atoms with van der Waals surface area (Å²) in [6.45, 7) is 0.352. The molecule has 0 spiro atoms. The van der Waals surface area contributed by atoms with Gasteiger partial charge in [0.05, 0.1) is 4.90 Å². The van der Waals surface area contributed by atoms with Gasteiger partial charge in [-0.25, -0.2) is 8.42 Å². The lowest BCUT2D eigenvalue weighted by atomic mass is 10.2. The summed E-state index contributed by atoms with van der Waals surface area (Å²) in [5, 5.41) is 0. The van der Waals surface area contributed by atoms with Crippen LogP contribution in [0.1, 0.15) is 5.56 Å². The average molecular weight is 362 g/mol. The van der Waals surface area contributed by atoms with Crippen molar-refractivity contribution in [3.05, 3.63) is 58.6 Å². The Morgan fingerprint density at radius 2 is 1.84 bits per heavy atom. The zero-order chi connectivity index (χ0) is 13.9. The molecule has 0 saturated heterocycles. The number of halogens is 2. The van der Waals surface area contributed by atoms with E-state index in [2.05, 4.69) is 15.9 Å². The number of hydrogen-bond donors (Lipinski definition) is 0. The maximum absolute atomic E-state index is 11.2. The molecule has 0 aromatic heterocycles. The zero-order valence-electron chi connectivity index (χ0n) is 9.71. The molecule has 100 valence electrons. The van der Waals surface area contributed by atoms with Crippen LogP contribution in [0.4, 0.5) is 0 Å². The molecule has 2 rings (SSSR count). The maximum atomic E-state index is 11.2. The first-order chi connectivity index (χ1) is 8.95. The van der Waals surface area contributed by atoms with E-state index in [4.69, 9.17) is 15.4 Å². The Bertz CT molecular complexity index is 686. The van der Waals surface area contributed by atoms with E-state index in [0.29, 0.717) is 12.4 Å². The molecule has 0 heterocycles. The van der Waals surface area contributed by atoms with Crippen molar-refractivity contribution in [2.24, 2.45) is 0 Å². The van der Waals surface area contributed by atoms with Crippen molar-refractivity contribution < 1.29 is 13.2 Å². The van der Waals surface area contributed by atoms with Gasteiger partial charge in [0.2, 0.25) is 0 Å². The van der Waals surface area contributed by atoms with E-state index in [9.17, 15) is 8.42 Å². The van der Waals surface area contributed by atoms with Gasteiger partial charge < -0.3 is 4.74 Å². The Labute approximate surface area is 124 Å². The van der Waals surface area contributed by atoms with Gasteiger partial charge in [0.1, 0.15) is 12.4 Å². The summed E-state index contributed by atoms with van der Waals surface area (Å²) in [6, 6.07) is 13.8. The predicted octanol–water partition coefficient (Wildman–Crippen LogP) is 3.96. The average Bonchev–Trinajstić information content (AvgIpc) is 2.36. The maximum Gasteiger partial charge on any atom is 0.261 e. The Morgan fingerprint density at radius 3 is 2.53 bits per heavy atom. The van der Waals surface area contributed by atoms with Gasteiger partial charge in [0.25, 0.3) is 9.05 Å². The fourth-order valence-corrected chi connectivity index (χ4v) is 2.74. The Balaban J connectivity index is 2.12. The predicted molar refractivity (Wildman–Crippen MR) is 78.0 cm³/mol. The van der Waals surface area contributed by atoms with E-state index >= 15 is 0 Å². The molecular formula is C13H10BrClO3S. The summed E-state index contributed by atoms with van der Waals surface area (Å²) in [5.41, 5.74) is 0.980. The molecule has 19 heavy (non-hydrogen) atoms. The van der Waals surface area contributed by atoms with Crippen LogP contribution in [0.15, 0.2) is 57.9 Å². The molecule has 0 aliphatic carbocycles. The molecule has 2 aromatic carbocycles. The number of hydrogen-bond acceptors (Lipinski definition) is 3. The molecule has 0 aliphatic rings. The van der Waals surface area contributed by atoms with Crippen LogP contribution >= 0.6 is 26.6 Å². The second kappa shape index (κ2) is 5.94. The minimum Gasteiger partial charge on any atom is -0.489 e. The molecule has 0 atom stereocenters. The molecular weight excluding hydrogens is 352 g/mol. The number of ether oxygens (including phenoxy) is 1. The van der Waals surface area contributed by atoms with Gasteiger partial charge in [-0.2, -0.15) is 0 Å². The van der Waals surface area contributed by atoms with Crippen molar-refractivity contribution in [2.75, 3.05) is 0 Å². The molecule has 0 unspecified atom stereocenters. The summed E-state index contributed by atoms with van der Waals surface area (Å²) in [5.74, 6) is 0.460. The van der Waals surface area contributed by atoms with Crippen LogP contribution in [0.5, 0.6) is 5.75 Å². The van der Waals surface area contributed by atoms with Crippen LogP contribution in [0.25, 0.3) is 0 Å². The van der Waals surface area contributed by atoms with Crippen LogP contribution in [-0.4, -0.2) is 8.42 Å². The van der Waals surface area contributed by atoms with Gasteiger partial charge in [-0.1, -0.05) is 34.1 Å². The summed E-state index contributed by atoms with van der Waals surface area (Å²) in [4.78, 5) is 0.0286. The summed E-state index contributed by atoms with van der Waals surface area (Å²) in [7, 11) is 1.55. The minimum absolute atomic E-state index is 0.0286. The highest BCUT2D eigenvalue weighted by Gasteiger charge is 2.10. The monoisotopic (exact) mass is 360 g/mol. The molecule has 3 nitrogen and oxygen atoms in total. The van der Waals surface area contributed by atoms with Crippen LogP contribution in [0.2, 0.25) is 0 Å². The first-order valence-corrected chi connectivity index (χ1v) is 8.47. The van der Waals surface area contributed by atoms with Gasteiger partial charge in [-0.15, -0.1) is 0 Å². The lowest BCUT2D eigenvalue weighted by molar-refractivity contribution is 0.305. The molecule has 0 amide bonds. The summed E-state index contributed by atoms with van der Waals surface area (Å²) >= 11 is 3.37. The van der Waals surface area contributed by atoms with Crippen molar-refractivity contribution in [1.82, 2.24) is 0 Å². The van der Waals surface area contributed by atoms with E-state index < -0.39 is 9.05 Å². The van der Waals surface area contributed by atoms with E-state index in [1.807, 2.05) is 24.3 Å². The molecule has 0 bridgehead atoms. The normalized spacial score (nSPS) is 11.3. The molecule has 0 saturated carbocycles. The van der Waals surface area contributed by atoms with Gasteiger partial charge in [-0.3, -0.25) is 0 Å². The van der Waals surface area contributed by atoms with Crippen LogP contribution in [-0.2, 0) is 15.7 Å². The fourth-order valence-electron chi connectivity index (χ4n) is 1.51. The summed E-state index contributed by atoms with van der Waals surface area (Å²) in [6.07, 6.45) is 0. The minimum atomic E-state index is -3.73. The van der Waals surface area contributed by atoms with E-state index in [1.165, 1.54) is 12.1 Å². The molecule has 0 N–H and O–H groups in total. The Morgan fingerprint density at radius 1 is 1.11 bits per heavy atom. The van der Waals surface area contributed by atoms with E-state index in [-0.39, 0.29) is 4.90 Å².